The number of halogens is 3. The zero-order valence-corrected chi connectivity index (χ0v) is 10.5. The Morgan fingerprint density at radius 1 is 0.944 bits per heavy atom. The quantitative estimate of drug-likeness (QED) is 0.554. The molecule has 0 saturated carbocycles. The van der Waals surface area contributed by atoms with Crippen LogP contribution in [-0.2, 0) is 9.31 Å². The van der Waals surface area contributed by atoms with Crippen molar-refractivity contribution >= 4 is 12.6 Å². The van der Waals surface area contributed by atoms with Gasteiger partial charge in [0.1, 0.15) is 0 Å². The molecule has 0 heterocycles. The molecule has 0 unspecified atom stereocenters. The van der Waals surface area contributed by atoms with E-state index in [2.05, 4.69) is 0 Å². The Kier molecular flexibility index (Phi) is 6.22. The lowest BCUT2D eigenvalue weighted by Gasteiger charge is -2.14. The maximum absolute atomic E-state index is 13.1. The van der Waals surface area contributed by atoms with Crippen LogP contribution in [0.25, 0.3) is 0 Å². The lowest BCUT2D eigenvalue weighted by atomic mass is 9.78. The van der Waals surface area contributed by atoms with Crippen LogP contribution in [0, 0.1) is 17.5 Å². The third-order valence-corrected chi connectivity index (χ3v) is 2.23. The minimum Gasteiger partial charge on any atom is -0.407 e. The zero-order valence-electron chi connectivity index (χ0n) is 10.5. The highest BCUT2D eigenvalue weighted by Gasteiger charge is 2.24. The molecule has 0 aromatic heterocycles. The molecule has 1 rings (SSSR count). The van der Waals surface area contributed by atoms with Crippen LogP contribution < -0.4 is 5.46 Å². The standard InChI is InChI=1S/C12H16BF3O2/c1-3-5-17-13(18-6-4-2)9-7-10(14)12(16)11(15)8-9/h7-8H,3-6H2,1-2H3. The van der Waals surface area contributed by atoms with Gasteiger partial charge in [-0.3, -0.25) is 0 Å². The zero-order chi connectivity index (χ0) is 13.5. The smallest absolute Gasteiger partial charge is 0.407 e. The molecule has 0 fully saturated rings. The van der Waals surface area contributed by atoms with Gasteiger partial charge in [-0.2, -0.15) is 0 Å². The molecule has 0 saturated heterocycles. The summed E-state index contributed by atoms with van der Waals surface area (Å²) in [5.41, 5.74) is 0.147. The number of rotatable bonds is 7. The molecule has 100 valence electrons. The lowest BCUT2D eigenvalue weighted by molar-refractivity contribution is 0.207. The summed E-state index contributed by atoms with van der Waals surface area (Å²) in [6.07, 6.45) is 1.50. The maximum Gasteiger partial charge on any atom is 0.494 e. The molecular formula is C12H16BF3O2. The highest BCUT2D eigenvalue weighted by molar-refractivity contribution is 6.61. The molecule has 1 aromatic rings. The Bertz CT molecular complexity index is 357. The van der Waals surface area contributed by atoms with Crippen molar-refractivity contribution in [1.29, 1.82) is 0 Å². The highest BCUT2D eigenvalue weighted by atomic mass is 19.2. The van der Waals surface area contributed by atoms with Gasteiger partial charge in [0.15, 0.2) is 17.5 Å². The van der Waals surface area contributed by atoms with Crippen molar-refractivity contribution in [3.05, 3.63) is 29.6 Å². The van der Waals surface area contributed by atoms with Gasteiger partial charge in [0.2, 0.25) is 0 Å². The van der Waals surface area contributed by atoms with E-state index in [4.69, 9.17) is 9.31 Å². The Labute approximate surface area is 105 Å². The first-order chi connectivity index (χ1) is 8.60. The molecule has 0 radical (unpaired) electrons. The van der Waals surface area contributed by atoms with E-state index >= 15 is 0 Å². The van der Waals surface area contributed by atoms with Crippen LogP contribution in [-0.4, -0.2) is 20.3 Å². The van der Waals surface area contributed by atoms with Crippen molar-refractivity contribution in [3.63, 3.8) is 0 Å². The maximum atomic E-state index is 13.1. The van der Waals surface area contributed by atoms with E-state index < -0.39 is 24.6 Å². The van der Waals surface area contributed by atoms with E-state index in [9.17, 15) is 13.2 Å². The molecule has 0 aliphatic rings. The van der Waals surface area contributed by atoms with Crippen molar-refractivity contribution in [2.45, 2.75) is 26.7 Å². The fourth-order valence-corrected chi connectivity index (χ4v) is 1.40. The number of benzene rings is 1. The normalized spacial score (nSPS) is 10.7. The monoisotopic (exact) mass is 260 g/mol. The molecule has 0 bridgehead atoms. The predicted molar refractivity (Wildman–Crippen MR) is 64.2 cm³/mol. The fraction of sp³-hybridized carbons (Fsp3) is 0.500. The summed E-state index contributed by atoms with van der Waals surface area (Å²) < 4.78 is 49.8. The second-order valence-electron chi connectivity index (χ2n) is 3.87. The van der Waals surface area contributed by atoms with Crippen LogP contribution in [0.2, 0.25) is 0 Å². The topological polar surface area (TPSA) is 18.5 Å². The van der Waals surface area contributed by atoms with Gasteiger partial charge in [-0.05, 0) is 30.4 Å². The van der Waals surface area contributed by atoms with Gasteiger partial charge in [0, 0.05) is 13.2 Å². The summed E-state index contributed by atoms with van der Waals surface area (Å²) in [6.45, 7) is 4.61. The Morgan fingerprint density at radius 3 is 1.78 bits per heavy atom. The van der Waals surface area contributed by atoms with Crippen LogP contribution in [0.5, 0.6) is 0 Å². The minimum atomic E-state index is -1.48. The van der Waals surface area contributed by atoms with E-state index in [0.29, 0.717) is 13.2 Å². The summed E-state index contributed by atoms with van der Waals surface area (Å²) in [4.78, 5) is 0. The van der Waals surface area contributed by atoms with Gasteiger partial charge in [-0.1, -0.05) is 13.8 Å². The van der Waals surface area contributed by atoms with Crippen LogP contribution in [0.1, 0.15) is 26.7 Å². The fourth-order valence-electron chi connectivity index (χ4n) is 1.40. The molecular weight excluding hydrogens is 244 g/mol. The van der Waals surface area contributed by atoms with Crippen LogP contribution in [0.3, 0.4) is 0 Å². The molecule has 2 nitrogen and oxygen atoms in total. The average Bonchev–Trinajstić information content (AvgIpc) is 2.35. The van der Waals surface area contributed by atoms with Crippen molar-refractivity contribution < 1.29 is 22.5 Å². The van der Waals surface area contributed by atoms with Gasteiger partial charge in [-0.25, -0.2) is 13.2 Å². The minimum absolute atomic E-state index is 0.147. The van der Waals surface area contributed by atoms with Crippen LogP contribution >= 0.6 is 0 Å². The lowest BCUT2D eigenvalue weighted by Crippen LogP contribution is -2.38. The molecule has 0 atom stereocenters. The van der Waals surface area contributed by atoms with Gasteiger partial charge < -0.3 is 9.31 Å². The molecule has 1 aromatic carbocycles. The SMILES string of the molecule is CCCOB(OCCC)c1cc(F)c(F)c(F)c1. The second-order valence-corrected chi connectivity index (χ2v) is 3.87. The Hall–Kier alpha value is -1.01. The number of hydrogen-bond donors (Lipinski definition) is 0. The predicted octanol–water partition coefficient (Wildman–Crippen LogP) is 2.65. The second kappa shape index (κ2) is 7.43. The first-order valence-corrected chi connectivity index (χ1v) is 5.97. The third kappa shape index (κ3) is 4.03. The van der Waals surface area contributed by atoms with Crippen LogP contribution in [0.4, 0.5) is 13.2 Å². The van der Waals surface area contributed by atoms with Crippen molar-refractivity contribution in [2.75, 3.05) is 13.2 Å². The summed E-state index contributed by atoms with van der Waals surface area (Å²) in [5.74, 6) is -3.96. The van der Waals surface area contributed by atoms with Gasteiger partial charge in [0.25, 0.3) is 0 Å². The van der Waals surface area contributed by atoms with Gasteiger partial charge >= 0.3 is 7.12 Å². The van der Waals surface area contributed by atoms with Gasteiger partial charge in [0.05, 0.1) is 0 Å². The van der Waals surface area contributed by atoms with Crippen molar-refractivity contribution in [3.8, 4) is 0 Å². The van der Waals surface area contributed by atoms with Crippen molar-refractivity contribution in [1.82, 2.24) is 0 Å². The first-order valence-electron chi connectivity index (χ1n) is 5.97. The average molecular weight is 260 g/mol. The highest BCUT2D eigenvalue weighted by Crippen LogP contribution is 2.09. The van der Waals surface area contributed by atoms with E-state index in [1.54, 1.807) is 0 Å². The molecule has 0 aliphatic heterocycles. The Morgan fingerprint density at radius 2 is 1.39 bits per heavy atom. The van der Waals surface area contributed by atoms with Crippen molar-refractivity contribution in [2.24, 2.45) is 0 Å². The summed E-state index contributed by atoms with van der Waals surface area (Å²) in [7, 11) is -0.866. The van der Waals surface area contributed by atoms with E-state index in [-0.39, 0.29) is 5.46 Å². The summed E-state index contributed by atoms with van der Waals surface area (Å²) in [5, 5.41) is 0. The van der Waals surface area contributed by atoms with Gasteiger partial charge in [-0.15, -0.1) is 0 Å². The molecule has 0 spiro atoms. The summed E-state index contributed by atoms with van der Waals surface area (Å²) in [6, 6.07) is 1.79. The molecule has 18 heavy (non-hydrogen) atoms. The molecule has 0 aliphatic carbocycles. The molecule has 0 amide bonds. The Balaban J connectivity index is 2.89. The number of hydrogen-bond acceptors (Lipinski definition) is 2. The third-order valence-electron chi connectivity index (χ3n) is 2.23. The largest absolute Gasteiger partial charge is 0.494 e. The van der Waals surface area contributed by atoms with E-state index in [1.165, 1.54) is 0 Å². The molecule has 0 N–H and O–H groups in total. The molecule has 6 heteroatoms. The summed E-state index contributed by atoms with van der Waals surface area (Å²) >= 11 is 0. The van der Waals surface area contributed by atoms with E-state index in [0.717, 1.165) is 25.0 Å². The van der Waals surface area contributed by atoms with Crippen LogP contribution in [0.15, 0.2) is 12.1 Å². The van der Waals surface area contributed by atoms with E-state index in [1.807, 2.05) is 13.8 Å². The first kappa shape index (κ1) is 15.1.